The molecule has 0 saturated carbocycles. The zero-order valence-corrected chi connectivity index (χ0v) is 21.5. The second kappa shape index (κ2) is 10.1. The van der Waals surface area contributed by atoms with Crippen molar-refractivity contribution >= 4 is 41.5 Å². The number of thiazole rings is 1. The average Bonchev–Trinajstić information content (AvgIpc) is 3.29. The van der Waals surface area contributed by atoms with Gasteiger partial charge in [0, 0.05) is 26.2 Å². The Labute approximate surface area is 205 Å². The molecule has 1 saturated heterocycles. The van der Waals surface area contributed by atoms with E-state index < -0.39 is 38.6 Å². The molecule has 1 aliphatic rings. The molecule has 1 aliphatic heterocycles. The van der Waals surface area contributed by atoms with Gasteiger partial charge in [0.15, 0.2) is 21.1 Å². The molecule has 1 aromatic heterocycles. The van der Waals surface area contributed by atoms with Crippen molar-refractivity contribution in [2.45, 2.75) is 36.7 Å². The fraction of sp³-hybridized carbons (Fsp3) is 0.500. The van der Waals surface area contributed by atoms with Crippen molar-refractivity contribution in [2.24, 2.45) is 0 Å². The van der Waals surface area contributed by atoms with Crippen LogP contribution in [0.2, 0.25) is 0 Å². The Kier molecular flexibility index (Phi) is 7.97. The van der Waals surface area contributed by atoms with Crippen molar-refractivity contribution in [3.63, 3.8) is 0 Å². The van der Waals surface area contributed by atoms with Gasteiger partial charge in [0.2, 0.25) is 0 Å². The van der Waals surface area contributed by atoms with Gasteiger partial charge in [-0.2, -0.15) is 22.0 Å². The van der Waals surface area contributed by atoms with Crippen molar-refractivity contribution in [3.8, 4) is 5.75 Å². The van der Waals surface area contributed by atoms with Gasteiger partial charge in [-0.15, -0.1) is 0 Å². The number of hydrogen-bond acceptors (Lipinski definition) is 7. The third-order valence-electron chi connectivity index (χ3n) is 5.38. The molecular formula is C20H23F5N3O4PS2. The molecule has 2 unspecified atom stereocenters. The van der Waals surface area contributed by atoms with Gasteiger partial charge >= 0.3 is 6.18 Å². The third kappa shape index (κ3) is 6.39. The van der Waals surface area contributed by atoms with Crippen molar-refractivity contribution < 1.29 is 39.9 Å². The average molecular weight is 560 g/mol. The Bertz CT molecular complexity index is 1180. The molecule has 0 N–H and O–H groups in total. The summed E-state index contributed by atoms with van der Waals surface area (Å²) in [7, 11) is -2.35. The number of anilines is 1. The van der Waals surface area contributed by atoms with E-state index in [1.807, 2.05) is 0 Å². The molecule has 1 fully saturated rings. The first kappa shape index (κ1) is 27.5. The van der Waals surface area contributed by atoms with Gasteiger partial charge in [-0.3, -0.25) is 4.79 Å². The van der Waals surface area contributed by atoms with Crippen molar-refractivity contribution in [2.75, 3.05) is 36.8 Å². The lowest BCUT2D eigenvalue weighted by Crippen LogP contribution is -2.49. The second-order valence-electron chi connectivity index (χ2n) is 7.78. The molecule has 1 amide bonds. The van der Waals surface area contributed by atoms with Crippen molar-refractivity contribution in [1.29, 1.82) is 0 Å². The monoisotopic (exact) mass is 559 g/mol. The predicted molar refractivity (Wildman–Crippen MR) is 124 cm³/mol. The molecule has 2 heterocycles. The van der Waals surface area contributed by atoms with E-state index in [0.717, 1.165) is 19.2 Å². The fourth-order valence-electron chi connectivity index (χ4n) is 3.22. The first-order valence-electron chi connectivity index (χ1n) is 10.4. The number of halogens is 5. The summed E-state index contributed by atoms with van der Waals surface area (Å²) in [5.41, 5.74) is -3.49. The van der Waals surface area contributed by atoms with Crippen LogP contribution in [0.3, 0.4) is 0 Å². The number of sulfone groups is 1. The molecule has 35 heavy (non-hydrogen) atoms. The summed E-state index contributed by atoms with van der Waals surface area (Å²) in [6.07, 6.45) is -5.37. The molecule has 0 radical (unpaired) electrons. The van der Waals surface area contributed by atoms with Gasteiger partial charge in [0.25, 0.3) is 11.6 Å². The van der Waals surface area contributed by atoms with Crippen LogP contribution in [0.4, 0.5) is 27.1 Å². The summed E-state index contributed by atoms with van der Waals surface area (Å²) in [6, 6.07) is 3.47. The number of alkyl halides is 5. The van der Waals surface area contributed by atoms with E-state index in [1.165, 1.54) is 33.2 Å². The van der Waals surface area contributed by atoms with E-state index in [1.54, 1.807) is 4.90 Å². The molecule has 194 valence electrons. The highest BCUT2D eigenvalue weighted by molar-refractivity contribution is 7.91. The Morgan fingerprint density at radius 2 is 1.83 bits per heavy atom. The molecule has 15 heteroatoms. The van der Waals surface area contributed by atoms with Crippen LogP contribution in [0, 0.1) is 0 Å². The first-order chi connectivity index (χ1) is 16.1. The van der Waals surface area contributed by atoms with Crippen LogP contribution in [0.15, 0.2) is 29.3 Å². The Hall–Kier alpha value is -2.05. The van der Waals surface area contributed by atoms with E-state index in [-0.39, 0.29) is 53.3 Å². The van der Waals surface area contributed by atoms with Crippen LogP contribution >= 0.6 is 20.6 Å². The maximum Gasteiger partial charge on any atom is 0.427 e. The van der Waals surface area contributed by atoms with Gasteiger partial charge in [-0.25, -0.2) is 13.4 Å². The van der Waals surface area contributed by atoms with Gasteiger partial charge in [0.05, 0.1) is 22.4 Å². The summed E-state index contributed by atoms with van der Waals surface area (Å²) in [6.45, 7) is 3.10. The molecule has 0 aliphatic carbocycles. The van der Waals surface area contributed by atoms with Crippen LogP contribution in [-0.4, -0.2) is 67.9 Å². The molecule has 1 aromatic carbocycles. The minimum atomic E-state index is -4.50. The number of carbonyl (C=O) groups excluding carboxylic acids is 1. The summed E-state index contributed by atoms with van der Waals surface area (Å²) < 4.78 is 95.9. The number of piperazine rings is 1. The lowest BCUT2D eigenvalue weighted by molar-refractivity contribution is -0.134. The molecule has 0 spiro atoms. The summed E-state index contributed by atoms with van der Waals surface area (Å²) in [5.74, 6) is -1.06. The molecule has 2 aromatic rings. The largest absolute Gasteiger partial charge is 0.483 e. The standard InChI is InChI=1S/C20H23F5N3O4PS2/c1-3-35(30,31)13-4-5-15(32-12(2)20(24,25)33)14(10-13)17(29)27-6-8-28(9-7-27)18-26-11-16(34-18)19(21,22)23/h4-5,10-12H,3,6-9,33H2,1-2H3. The normalized spacial score (nSPS) is 16.3. The number of amides is 1. The third-order valence-corrected chi connectivity index (χ3v) is 8.68. The minimum Gasteiger partial charge on any atom is -0.483 e. The molecule has 7 nitrogen and oxygen atoms in total. The Balaban J connectivity index is 1.83. The van der Waals surface area contributed by atoms with Gasteiger partial charge in [-0.05, 0) is 25.1 Å². The van der Waals surface area contributed by atoms with Crippen LogP contribution in [-0.2, 0) is 16.0 Å². The summed E-state index contributed by atoms with van der Waals surface area (Å²) in [4.78, 5) is 19.1. The van der Waals surface area contributed by atoms with E-state index in [0.29, 0.717) is 11.3 Å². The van der Waals surface area contributed by atoms with Crippen LogP contribution in [0.25, 0.3) is 0 Å². The smallest absolute Gasteiger partial charge is 0.427 e. The Morgan fingerprint density at radius 1 is 1.20 bits per heavy atom. The van der Waals surface area contributed by atoms with Crippen LogP contribution in [0.1, 0.15) is 29.1 Å². The molecule has 3 rings (SSSR count). The highest BCUT2D eigenvalue weighted by Crippen LogP contribution is 2.37. The predicted octanol–water partition coefficient (Wildman–Crippen LogP) is 4.15. The number of nitrogens with zero attached hydrogens (tertiary/aromatic N) is 3. The number of benzene rings is 1. The zero-order chi connectivity index (χ0) is 26.2. The fourth-order valence-corrected chi connectivity index (χ4v) is 5.03. The maximum absolute atomic E-state index is 13.7. The van der Waals surface area contributed by atoms with Gasteiger partial charge < -0.3 is 14.5 Å². The topological polar surface area (TPSA) is 79.8 Å². The summed E-state index contributed by atoms with van der Waals surface area (Å²) in [5, 5.41) is 0.168. The second-order valence-corrected chi connectivity index (χ2v) is 11.8. The maximum atomic E-state index is 13.7. The first-order valence-corrected chi connectivity index (χ1v) is 13.5. The molecule has 0 bridgehead atoms. The highest BCUT2D eigenvalue weighted by atomic mass is 32.2. The SMILES string of the molecule is CCS(=O)(=O)c1ccc(OC(C)C(F)(F)P)c(C(=O)N2CCN(c3ncc(C(F)(F)F)s3)CC2)c1. The Morgan fingerprint density at radius 3 is 2.34 bits per heavy atom. The highest BCUT2D eigenvalue weighted by Gasteiger charge is 2.36. The number of ether oxygens (including phenoxy) is 1. The van der Waals surface area contributed by atoms with Crippen LogP contribution in [0.5, 0.6) is 5.75 Å². The zero-order valence-electron chi connectivity index (χ0n) is 18.7. The van der Waals surface area contributed by atoms with Crippen LogP contribution < -0.4 is 9.64 Å². The number of carbonyl (C=O) groups is 1. The van der Waals surface area contributed by atoms with Gasteiger partial charge in [-0.1, -0.05) is 27.5 Å². The van der Waals surface area contributed by atoms with Crippen molar-refractivity contribution in [1.82, 2.24) is 9.88 Å². The van der Waals surface area contributed by atoms with Crippen molar-refractivity contribution in [3.05, 3.63) is 34.8 Å². The quantitative estimate of drug-likeness (QED) is 0.375. The van der Waals surface area contributed by atoms with Gasteiger partial charge in [0.1, 0.15) is 10.6 Å². The number of aromatic nitrogens is 1. The molecular weight excluding hydrogens is 536 g/mol. The number of rotatable bonds is 7. The molecule has 2 atom stereocenters. The summed E-state index contributed by atoms with van der Waals surface area (Å²) >= 11 is 0.498. The minimum absolute atomic E-state index is 0.0965. The lowest BCUT2D eigenvalue weighted by Gasteiger charge is -2.35. The van der Waals surface area contributed by atoms with E-state index in [2.05, 4.69) is 4.98 Å². The van der Waals surface area contributed by atoms with E-state index in [9.17, 15) is 35.2 Å². The van der Waals surface area contributed by atoms with E-state index >= 15 is 0 Å². The number of hydrogen-bond donors (Lipinski definition) is 0. The van der Waals surface area contributed by atoms with E-state index in [4.69, 9.17) is 4.74 Å². The lowest BCUT2D eigenvalue weighted by atomic mass is 10.1.